The monoisotopic (exact) mass is 305 g/mol. The molecule has 0 radical (unpaired) electrons. The van der Waals surface area contributed by atoms with Crippen LogP contribution in [0.25, 0.3) is 11.0 Å². The minimum atomic E-state index is 0.169. The molecule has 1 N–H and O–H groups in total. The maximum absolute atomic E-state index is 12.1. The van der Waals surface area contributed by atoms with E-state index in [1.165, 1.54) is 0 Å². The van der Waals surface area contributed by atoms with Crippen LogP contribution in [-0.4, -0.2) is 52.8 Å². The topological polar surface area (TPSA) is 58.2 Å². The number of hydrogen-bond acceptors (Lipinski definition) is 4. The van der Waals surface area contributed by atoms with Crippen LogP contribution in [0.3, 0.4) is 0 Å². The Kier molecular flexibility index (Phi) is 4.45. The van der Waals surface area contributed by atoms with E-state index in [-0.39, 0.29) is 11.2 Å². The number of aromatic nitrogens is 2. The van der Waals surface area contributed by atoms with Gasteiger partial charge in [0.2, 0.25) is 5.91 Å². The molecular weight excluding hydrogens is 286 g/mol. The van der Waals surface area contributed by atoms with Gasteiger partial charge in [-0.05, 0) is 19.1 Å². The average Bonchev–Trinajstić information content (AvgIpc) is 2.97. The van der Waals surface area contributed by atoms with Crippen LogP contribution < -0.4 is 0 Å². The minimum absolute atomic E-state index is 0.169. The van der Waals surface area contributed by atoms with Crippen LogP contribution in [0, 0.1) is 0 Å². The molecule has 5 nitrogen and oxygen atoms in total. The Morgan fingerprint density at radius 1 is 1.43 bits per heavy atom. The molecule has 1 atom stereocenters. The first-order chi connectivity index (χ1) is 10.2. The van der Waals surface area contributed by atoms with Gasteiger partial charge in [-0.25, -0.2) is 4.98 Å². The van der Waals surface area contributed by atoms with E-state index >= 15 is 0 Å². The first-order valence-electron chi connectivity index (χ1n) is 7.16. The molecule has 2 aromatic rings. The Balaban J connectivity index is 1.58. The fraction of sp³-hybridized carbons (Fsp3) is 0.467. The normalized spacial score (nSPS) is 17.1. The lowest BCUT2D eigenvalue weighted by Crippen LogP contribution is -2.41. The Bertz CT molecular complexity index is 589. The lowest BCUT2D eigenvalue weighted by atomic mass is 10.3. The number of H-pyrrole nitrogens is 1. The van der Waals surface area contributed by atoms with Gasteiger partial charge in [0.1, 0.15) is 5.82 Å². The number of nitrogens with one attached hydrogen (secondary N) is 1. The van der Waals surface area contributed by atoms with Crippen molar-refractivity contribution in [2.45, 2.75) is 12.2 Å². The predicted molar refractivity (Wildman–Crippen MR) is 84.4 cm³/mol. The largest absolute Gasteiger partial charge is 0.378 e. The zero-order valence-electron chi connectivity index (χ0n) is 12.0. The van der Waals surface area contributed by atoms with Gasteiger partial charge in [-0.2, -0.15) is 0 Å². The van der Waals surface area contributed by atoms with Crippen molar-refractivity contribution >= 4 is 28.7 Å². The summed E-state index contributed by atoms with van der Waals surface area (Å²) in [6, 6.07) is 7.98. The number of carbonyl (C=O) groups excluding carboxylic acids is 1. The van der Waals surface area contributed by atoms with E-state index in [0.29, 0.717) is 32.1 Å². The summed E-state index contributed by atoms with van der Waals surface area (Å²) in [6.45, 7) is 4.79. The van der Waals surface area contributed by atoms with Crippen molar-refractivity contribution < 1.29 is 9.53 Å². The number of nitrogens with zero attached hydrogens (tertiary/aromatic N) is 2. The smallest absolute Gasteiger partial charge is 0.232 e. The molecule has 0 bridgehead atoms. The molecule has 1 aliphatic heterocycles. The molecule has 1 saturated heterocycles. The molecule has 0 spiro atoms. The first-order valence-corrected chi connectivity index (χ1v) is 8.20. The highest BCUT2D eigenvalue weighted by Crippen LogP contribution is 2.27. The van der Waals surface area contributed by atoms with Gasteiger partial charge in [-0.1, -0.05) is 12.1 Å². The van der Waals surface area contributed by atoms with Crippen LogP contribution in [-0.2, 0) is 9.53 Å². The van der Waals surface area contributed by atoms with Crippen molar-refractivity contribution in [1.82, 2.24) is 14.9 Å². The molecular formula is C15H19N3O2S. The second-order valence-electron chi connectivity index (χ2n) is 5.09. The fourth-order valence-corrected chi connectivity index (χ4v) is 3.19. The third-order valence-electron chi connectivity index (χ3n) is 3.61. The summed E-state index contributed by atoms with van der Waals surface area (Å²) in [5.74, 6) is 1.60. The van der Waals surface area contributed by atoms with E-state index in [1.54, 1.807) is 11.8 Å². The van der Waals surface area contributed by atoms with Gasteiger partial charge in [0.25, 0.3) is 0 Å². The molecule has 112 valence electrons. The molecule has 2 heterocycles. The van der Waals surface area contributed by atoms with E-state index in [9.17, 15) is 4.79 Å². The minimum Gasteiger partial charge on any atom is -0.378 e. The van der Waals surface area contributed by atoms with Gasteiger partial charge >= 0.3 is 0 Å². The zero-order chi connectivity index (χ0) is 14.7. The lowest BCUT2D eigenvalue weighted by Gasteiger charge is -2.27. The number of aromatic amines is 1. The van der Waals surface area contributed by atoms with Gasteiger partial charge in [-0.15, -0.1) is 11.8 Å². The van der Waals surface area contributed by atoms with Crippen molar-refractivity contribution in [1.29, 1.82) is 0 Å². The number of carbonyl (C=O) groups is 1. The van der Waals surface area contributed by atoms with E-state index in [1.807, 2.05) is 29.2 Å². The number of fused-ring (bicyclic) bond motifs is 1. The number of benzene rings is 1. The molecule has 21 heavy (non-hydrogen) atoms. The van der Waals surface area contributed by atoms with Gasteiger partial charge in [-0.3, -0.25) is 4.79 Å². The summed E-state index contributed by atoms with van der Waals surface area (Å²) >= 11 is 1.62. The summed E-state index contributed by atoms with van der Waals surface area (Å²) in [6.07, 6.45) is 0. The Hall–Kier alpha value is -1.53. The first kappa shape index (κ1) is 14.4. The van der Waals surface area contributed by atoms with Crippen molar-refractivity contribution in [3.63, 3.8) is 0 Å². The SMILES string of the molecule is CC(SCC(=O)N1CCOCC1)c1nc2ccccc2[nH]1. The molecule has 0 aliphatic carbocycles. The fourth-order valence-electron chi connectivity index (χ4n) is 2.34. The van der Waals surface area contributed by atoms with Crippen molar-refractivity contribution in [2.75, 3.05) is 32.1 Å². The van der Waals surface area contributed by atoms with Crippen molar-refractivity contribution in [2.24, 2.45) is 0 Å². The number of ether oxygens (including phenoxy) is 1. The molecule has 6 heteroatoms. The van der Waals surface area contributed by atoms with Crippen LogP contribution in [0.5, 0.6) is 0 Å². The Morgan fingerprint density at radius 3 is 2.95 bits per heavy atom. The summed E-state index contributed by atoms with van der Waals surface area (Å²) < 4.78 is 5.26. The van der Waals surface area contributed by atoms with Gasteiger partial charge in [0.05, 0.1) is 35.2 Å². The third-order valence-corrected chi connectivity index (χ3v) is 4.75. The van der Waals surface area contributed by atoms with Crippen LogP contribution >= 0.6 is 11.8 Å². The Labute approximate surface area is 128 Å². The molecule has 3 rings (SSSR count). The number of morpholine rings is 1. The highest BCUT2D eigenvalue weighted by atomic mass is 32.2. The zero-order valence-corrected chi connectivity index (χ0v) is 12.9. The summed E-state index contributed by atoms with van der Waals surface area (Å²) in [5.41, 5.74) is 2.01. The predicted octanol–water partition coefficient (Wildman–Crippen LogP) is 2.22. The number of imidazole rings is 1. The van der Waals surface area contributed by atoms with Crippen LogP contribution in [0.2, 0.25) is 0 Å². The van der Waals surface area contributed by atoms with E-state index in [2.05, 4.69) is 16.9 Å². The van der Waals surface area contributed by atoms with E-state index < -0.39 is 0 Å². The van der Waals surface area contributed by atoms with Gasteiger partial charge in [0, 0.05) is 13.1 Å². The number of para-hydroxylation sites is 2. The van der Waals surface area contributed by atoms with Crippen molar-refractivity contribution in [3.05, 3.63) is 30.1 Å². The maximum atomic E-state index is 12.1. The average molecular weight is 305 g/mol. The highest BCUT2D eigenvalue weighted by Gasteiger charge is 2.19. The molecule has 0 saturated carbocycles. The summed E-state index contributed by atoms with van der Waals surface area (Å²) in [7, 11) is 0. The quantitative estimate of drug-likeness (QED) is 0.941. The summed E-state index contributed by atoms with van der Waals surface area (Å²) in [5, 5.41) is 0.169. The van der Waals surface area contributed by atoms with Crippen LogP contribution in [0.4, 0.5) is 0 Å². The van der Waals surface area contributed by atoms with Gasteiger partial charge in [0.15, 0.2) is 0 Å². The second-order valence-corrected chi connectivity index (χ2v) is 6.41. The van der Waals surface area contributed by atoms with Crippen molar-refractivity contribution in [3.8, 4) is 0 Å². The number of rotatable bonds is 4. The highest BCUT2D eigenvalue weighted by molar-refractivity contribution is 8.00. The number of amides is 1. The lowest BCUT2D eigenvalue weighted by molar-refractivity contribution is -0.132. The molecule has 1 amide bonds. The molecule has 1 aliphatic rings. The van der Waals surface area contributed by atoms with E-state index in [4.69, 9.17) is 4.74 Å². The Morgan fingerprint density at radius 2 is 2.19 bits per heavy atom. The molecule has 1 unspecified atom stereocenters. The summed E-state index contributed by atoms with van der Waals surface area (Å²) in [4.78, 5) is 21.9. The second kappa shape index (κ2) is 6.49. The number of thioether (sulfide) groups is 1. The standard InChI is InChI=1S/C15H19N3O2S/c1-11(15-16-12-4-2-3-5-13(12)17-15)21-10-14(19)18-6-8-20-9-7-18/h2-5,11H,6-10H2,1H3,(H,16,17). The maximum Gasteiger partial charge on any atom is 0.232 e. The van der Waals surface area contributed by atoms with Crippen LogP contribution in [0.1, 0.15) is 18.0 Å². The van der Waals surface area contributed by atoms with Crippen LogP contribution in [0.15, 0.2) is 24.3 Å². The molecule has 1 fully saturated rings. The molecule has 1 aromatic carbocycles. The third kappa shape index (κ3) is 3.39. The van der Waals surface area contributed by atoms with E-state index in [0.717, 1.165) is 16.9 Å². The molecule has 1 aromatic heterocycles. The number of hydrogen-bond donors (Lipinski definition) is 1. The van der Waals surface area contributed by atoms with Gasteiger partial charge < -0.3 is 14.6 Å².